The van der Waals surface area contributed by atoms with Gasteiger partial charge < -0.3 is 9.15 Å². The second kappa shape index (κ2) is 6.72. The van der Waals surface area contributed by atoms with Crippen molar-refractivity contribution in [3.05, 3.63) is 81.2 Å². The molecule has 0 fully saturated rings. The molecule has 3 aromatic rings. The summed E-state index contributed by atoms with van der Waals surface area (Å²) < 4.78 is 10.4. The molecule has 2 aromatic carbocycles. The summed E-state index contributed by atoms with van der Waals surface area (Å²) in [6.45, 7) is 1.82. The average Bonchev–Trinajstić information content (AvgIpc) is 2.53. The molecular weight excluding hydrogens is 328 g/mol. The Kier molecular flexibility index (Phi) is 4.49. The van der Waals surface area contributed by atoms with Crippen LogP contribution in [0, 0.1) is 6.92 Å². The maximum absolute atomic E-state index is 11.9. The number of aryl methyl sites for hydroxylation is 1. The van der Waals surface area contributed by atoms with Gasteiger partial charge in [0, 0.05) is 28.6 Å². The minimum atomic E-state index is -0.552. The van der Waals surface area contributed by atoms with Crippen molar-refractivity contribution in [1.82, 2.24) is 0 Å². The Balaban J connectivity index is 1.81. The summed E-state index contributed by atoms with van der Waals surface area (Å²) >= 11 is 6.02. The van der Waals surface area contributed by atoms with Gasteiger partial charge in [-0.15, -0.1) is 0 Å². The van der Waals surface area contributed by atoms with E-state index in [-0.39, 0.29) is 0 Å². The fraction of sp³-hybridized carbons (Fsp3) is 0.0526. The van der Waals surface area contributed by atoms with E-state index in [0.717, 1.165) is 16.5 Å². The van der Waals surface area contributed by atoms with Crippen LogP contribution in [0.15, 0.2) is 63.8 Å². The number of benzene rings is 2. The highest BCUT2D eigenvalue weighted by atomic mass is 35.5. The summed E-state index contributed by atoms with van der Waals surface area (Å²) in [6, 6.07) is 13.5. The van der Waals surface area contributed by atoms with E-state index in [1.165, 1.54) is 18.2 Å². The smallest absolute Gasteiger partial charge is 0.336 e. The van der Waals surface area contributed by atoms with E-state index in [9.17, 15) is 9.59 Å². The zero-order valence-corrected chi connectivity index (χ0v) is 13.5. The van der Waals surface area contributed by atoms with Gasteiger partial charge in [-0.3, -0.25) is 0 Å². The zero-order chi connectivity index (χ0) is 17.1. The number of fused-ring (bicyclic) bond motifs is 1. The van der Waals surface area contributed by atoms with Crippen LogP contribution < -0.4 is 10.4 Å². The summed E-state index contributed by atoms with van der Waals surface area (Å²) in [5, 5.41) is 1.34. The third-order valence-corrected chi connectivity index (χ3v) is 3.79. The van der Waals surface area contributed by atoms with Crippen molar-refractivity contribution in [3.8, 4) is 5.75 Å². The quantitative estimate of drug-likeness (QED) is 0.307. The molecule has 0 bridgehead atoms. The lowest BCUT2D eigenvalue weighted by atomic mass is 10.1. The summed E-state index contributed by atoms with van der Waals surface area (Å²) in [5.74, 6) is -0.255. The molecule has 24 heavy (non-hydrogen) atoms. The van der Waals surface area contributed by atoms with Crippen LogP contribution in [0.25, 0.3) is 17.0 Å². The highest BCUT2D eigenvalue weighted by Crippen LogP contribution is 2.22. The van der Waals surface area contributed by atoms with E-state index >= 15 is 0 Å². The molecule has 0 aliphatic heterocycles. The van der Waals surface area contributed by atoms with Gasteiger partial charge in [0.25, 0.3) is 0 Å². The third kappa shape index (κ3) is 3.55. The molecular formula is C19H13ClO4. The first-order chi connectivity index (χ1) is 11.5. The first kappa shape index (κ1) is 16.0. The number of rotatable bonds is 3. The third-order valence-electron chi connectivity index (χ3n) is 3.45. The minimum absolute atomic E-state index is 0.296. The van der Waals surface area contributed by atoms with Crippen molar-refractivity contribution in [2.75, 3.05) is 0 Å². The van der Waals surface area contributed by atoms with Gasteiger partial charge in [-0.05, 0) is 42.3 Å². The molecule has 0 N–H and O–H groups in total. The van der Waals surface area contributed by atoms with Crippen LogP contribution in [-0.2, 0) is 4.79 Å². The van der Waals surface area contributed by atoms with Crippen LogP contribution in [0.2, 0.25) is 5.02 Å². The average molecular weight is 341 g/mol. The number of halogens is 1. The SMILES string of the molecule is Cc1cc(=O)oc2cc(OC(=O)/C=C/c3ccccc3Cl)ccc12. The van der Waals surface area contributed by atoms with Gasteiger partial charge >= 0.3 is 11.6 Å². The predicted molar refractivity (Wildman–Crippen MR) is 93.3 cm³/mol. The van der Waals surface area contributed by atoms with E-state index in [1.54, 1.807) is 30.3 Å². The Morgan fingerprint density at radius 3 is 2.75 bits per heavy atom. The van der Waals surface area contributed by atoms with E-state index < -0.39 is 11.6 Å². The Hall–Kier alpha value is -2.85. The normalized spacial score (nSPS) is 11.1. The van der Waals surface area contributed by atoms with Gasteiger partial charge in [-0.2, -0.15) is 0 Å². The molecule has 3 rings (SSSR count). The van der Waals surface area contributed by atoms with Gasteiger partial charge in [0.15, 0.2) is 0 Å². The van der Waals surface area contributed by atoms with Gasteiger partial charge in [0.2, 0.25) is 0 Å². The lowest BCUT2D eigenvalue weighted by Gasteiger charge is -2.04. The predicted octanol–water partition coefficient (Wildman–Crippen LogP) is 4.37. The van der Waals surface area contributed by atoms with Crippen molar-refractivity contribution >= 4 is 34.6 Å². The summed E-state index contributed by atoms with van der Waals surface area (Å²) in [4.78, 5) is 23.4. The second-order valence-corrected chi connectivity index (χ2v) is 5.59. The Morgan fingerprint density at radius 2 is 1.96 bits per heavy atom. The minimum Gasteiger partial charge on any atom is -0.423 e. The fourth-order valence-corrected chi connectivity index (χ4v) is 2.49. The summed E-state index contributed by atoms with van der Waals surface area (Å²) in [5.41, 5.74) is 1.46. The topological polar surface area (TPSA) is 56.5 Å². The van der Waals surface area contributed by atoms with Crippen LogP contribution in [0.4, 0.5) is 0 Å². The molecule has 1 aromatic heterocycles. The number of esters is 1. The Morgan fingerprint density at radius 1 is 1.17 bits per heavy atom. The van der Waals surface area contributed by atoms with Crippen LogP contribution >= 0.6 is 11.6 Å². The molecule has 0 saturated heterocycles. The number of ether oxygens (including phenoxy) is 1. The molecule has 0 amide bonds. The van der Waals surface area contributed by atoms with Crippen LogP contribution in [-0.4, -0.2) is 5.97 Å². The number of hydrogen-bond donors (Lipinski definition) is 0. The summed E-state index contributed by atoms with van der Waals surface area (Å²) in [7, 11) is 0. The van der Waals surface area contributed by atoms with Gasteiger partial charge in [0.05, 0.1) is 0 Å². The molecule has 0 unspecified atom stereocenters. The second-order valence-electron chi connectivity index (χ2n) is 5.18. The molecule has 0 radical (unpaired) electrons. The van der Waals surface area contributed by atoms with Crippen molar-refractivity contribution in [3.63, 3.8) is 0 Å². The number of hydrogen-bond acceptors (Lipinski definition) is 4. The van der Waals surface area contributed by atoms with Crippen molar-refractivity contribution in [1.29, 1.82) is 0 Å². The number of carbonyl (C=O) groups excluding carboxylic acids is 1. The first-order valence-electron chi connectivity index (χ1n) is 7.22. The standard InChI is InChI=1S/C19H13ClO4/c1-12-10-19(22)24-17-11-14(7-8-15(12)17)23-18(21)9-6-13-4-2-3-5-16(13)20/h2-11H,1H3/b9-6+. The lowest BCUT2D eigenvalue weighted by Crippen LogP contribution is -2.04. The molecule has 4 nitrogen and oxygen atoms in total. The number of carbonyl (C=O) groups is 1. The molecule has 1 heterocycles. The highest BCUT2D eigenvalue weighted by molar-refractivity contribution is 6.32. The van der Waals surface area contributed by atoms with E-state index in [0.29, 0.717) is 16.4 Å². The maximum Gasteiger partial charge on any atom is 0.336 e. The fourth-order valence-electron chi connectivity index (χ4n) is 2.29. The van der Waals surface area contributed by atoms with Crippen molar-refractivity contribution < 1.29 is 13.9 Å². The van der Waals surface area contributed by atoms with Gasteiger partial charge in [-0.25, -0.2) is 9.59 Å². The van der Waals surface area contributed by atoms with E-state index in [4.69, 9.17) is 20.8 Å². The molecule has 0 aliphatic rings. The molecule has 0 atom stereocenters. The maximum atomic E-state index is 11.9. The zero-order valence-electron chi connectivity index (χ0n) is 12.8. The monoisotopic (exact) mass is 340 g/mol. The van der Waals surface area contributed by atoms with Gasteiger partial charge in [0.1, 0.15) is 11.3 Å². The molecule has 120 valence electrons. The van der Waals surface area contributed by atoms with E-state index in [2.05, 4.69) is 0 Å². The molecule has 5 heteroatoms. The van der Waals surface area contributed by atoms with Gasteiger partial charge in [-0.1, -0.05) is 29.8 Å². The van der Waals surface area contributed by atoms with Crippen LogP contribution in [0.5, 0.6) is 5.75 Å². The largest absolute Gasteiger partial charge is 0.423 e. The van der Waals surface area contributed by atoms with Crippen LogP contribution in [0.1, 0.15) is 11.1 Å². The first-order valence-corrected chi connectivity index (χ1v) is 7.60. The van der Waals surface area contributed by atoms with Crippen LogP contribution in [0.3, 0.4) is 0 Å². The Bertz CT molecular complexity index is 1000. The summed E-state index contributed by atoms with van der Waals surface area (Å²) in [6.07, 6.45) is 2.87. The Labute approximate surface area is 142 Å². The highest BCUT2D eigenvalue weighted by Gasteiger charge is 2.06. The molecule has 0 aliphatic carbocycles. The molecule has 0 saturated carbocycles. The lowest BCUT2D eigenvalue weighted by molar-refractivity contribution is -0.128. The van der Waals surface area contributed by atoms with Crippen molar-refractivity contribution in [2.24, 2.45) is 0 Å². The van der Waals surface area contributed by atoms with Crippen molar-refractivity contribution in [2.45, 2.75) is 6.92 Å². The molecule has 0 spiro atoms. The van der Waals surface area contributed by atoms with E-state index in [1.807, 2.05) is 19.1 Å².